The van der Waals surface area contributed by atoms with Crippen LogP contribution >= 0.6 is 0 Å². The summed E-state index contributed by atoms with van der Waals surface area (Å²) in [6, 6.07) is -0.0259. The fourth-order valence-corrected chi connectivity index (χ4v) is 2.91. The van der Waals surface area contributed by atoms with Gasteiger partial charge in [0.2, 0.25) is 0 Å². The van der Waals surface area contributed by atoms with Gasteiger partial charge >= 0.3 is 5.69 Å². The number of nitrogens with zero attached hydrogens (tertiary/aromatic N) is 4. The van der Waals surface area contributed by atoms with Crippen LogP contribution in [0.15, 0.2) is 9.59 Å². The third-order valence-corrected chi connectivity index (χ3v) is 4.21. The van der Waals surface area contributed by atoms with E-state index in [1.807, 2.05) is 14.0 Å². The number of rotatable bonds is 1. The molecule has 0 amide bonds. The van der Waals surface area contributed by atoms with E-state index in [-0.39, 0.29) is 17.3 Å². The molecule has 1 aliphatic rings. The highest BCUT2D eigenvalue weighted by molar-refractivity contribution is 5.70. The van der Waals surface area contributed by atoms with Crippen molar-refractivity contribution in [3.05, 3.63) is 26.7 Å². The minimum absolute atomic E-state index is 0.0259. The standard InChI is InChI=1S/C13H19N5O2/c1-8-15-11-10(16(8)2)12(19)18(13(20)17(11)3)9-4-6-14-7-5-9/h9,14H,4-7H2,1-3H3. The molecule has 1 aliphatic heterocycles. The monoisotopic (exact) mass is 277 g/mol. The van der Waals surface area contributed by atoms with Crippen LogP contribution < -0.4 is 16.6 Å². The molecule has 0 unspecified atom stereocenters. The van der Waals surface area contributed by atoms with Crippen molar-refractivity contribution in [2.75, 3.05) is 13.1 Å². The Morgan fingerprint density at radius 1 is 1.15 bits per heavy atom. The van der Waals surface area contributed by atoms with Gasteiger partial charge in [0.05, 0.1) is 0 Å². The van der Waals surface area contributed by atoms with Gasteiger partial charge in [-0.15, -0.1) is 0 Å². The van der Waals surface area contributed by atoms with Gasteiger partial charge in [0.15, 0.2) is 11.2 Å². The fourth-order valence-electron chi connectivity index (χ4n) is 2.91. The van der Waals surface area contributed by atoms with E-state index >= 15 is 0 Å². The van der Waals surface area contributed by atoms with Crippen molar-refractivity contribution in [3.63, 3.8) is 0 Å². The highest BCUT2D eigenvalue weighted by atomic mass is 16.2. The first kappa shape index (κ1) is 13.1. The second-order valence-corrected chi connectivity index (χ2v) is 5.39. The maximum absolute atomic E-state index is 12.7. The van der Waals surface area contributed by atoms with Crippen molar-refractivity contribution in [1.82, 2.24) is 24.0 Å². The normalized spacial score (nSPS) is 16.9. The van der Waals surface area contributed by atoms with E-state index in [9.17, 15) is 9.59 Å². The number of imidazole rings is 1. The SMILES string of the molecule is Cc1nc2c(c(=O)n(C3CCNCC3)c(=O)n2C)n1C. The number of nitrogens with one attached hydrogen (secondary N) is 1. The van der Waals surface area contributed by atoms with Gasteiger partial charge < -0.3 is 9.88 Å². The quantitative estimate of drug-likeness (QED) is 0.774. The summed E-state index contributed by atoms with van der Waals surface area (Å²) in [5.74, 6) is 0.732. The van der Waals surface area contributed by atoms with Gasteiger partial charge in [-0.2, -0.15) is 0 Å². The molecule has 7 nitrogen and oxygen atoms in total. The molecule has 20 heavy (non-hydrogen) atoms. The third kappa shape index (κ3) is 1.73. The zero-order valence-electron chi connectivity index (χ0n) is 12.0. The summed E-state index contributed by atoms with van der Waals surface area (Å²) in [5.41, 5.74) is 0.471. The van der Waals surface area contributed by atoms with Crippen molar-refractivity contribution in [2.24, 2.45) is 14.1 Å². The molecule has 2 aromatic rings. The number of piperidine rings is 1. The van der Waals surface area contributed by atoms with Gasteiger partial charge in [0.1, 0.15) is 5.82 Å². The van der Waals surface area contributed by atoms with Crippen molar-refractivity contribution >= 4 is 11.2 Å². The summed E-state index contributed by atoms with van der Waals surface area (Å²) in [6.45, 7) is 3.50. The molecule has 7 heteroatoms. The number of hydrogen-bond donors (Lipinski definition) is 1. The average molecular weight is 277 g/mol. The maximum Gasteiger partial charge on any atom is 0.332 e. The minimum atomic E-state index is -0.271. The number of aromatic nitrogens is 4. The molecule has 0 radical (unpaired) electrons. The predicted octanol–water partition coefficient (Wildman–Crippen LogP) is -0.333. The van der Waals surface area contributed by atoms with Crippen LogP contribution in [0, 0.1) is 6.92 Å². The van der Waals surface area contributed by atoms with E-state index in [0.29, 0.717) is 11.2 Å². The molecule has 1 fully saturated rings. The first-order valence-corrected chi connectivity index (χ1v) is 6.87. The summed E-state index contributed by atoms with van der Waals surface area (Å²) in [6.07, 6.45) is 1.61. The van der Waals surface area contributed by atoms with E-state index in [1.54, 1.807) is 11.6 Å². The second kappa shape index (κ2) is 4.59. The molecule has 0 bridgehead atoms. The van der Waals surface area contributed by atoms with Crippen molar-refractivity contribution in [3.8, 4) is 0 Å². The molecule has 0 aromatic carbocycles. The first-order valence-electron chi connectivity index (χ1n) is 6.87. The fraction of sp³-hybridized carbons (Fsp3) is 0.615. The Kier molecular flexibility index (Phi) is 3.01. The second-order valence-electron chi connectivity index (χ2n) is 5.39. The van der Waals surface area contributed by atoms with Crippen molar-refractivity contribution in [1.29, 1.82) is 0 Å². The van der Waals surface area contributed by atoms with Gasteiger partial charge in [-0.3, -0.25) is 13.9 Å². The van der Waals surface area contributed by atoms with E-state index in [2.05, 4.69) is 10.3 Å². The van der Waals surface area contributed by atoms with Crippen LogP contribution in [0.2, 0.25) is 0 Å². The Balaban J connectivity index is 2.35. The molecule has 1 saturated heterocycles. The van der Waals surface area contributed by atoms with Crippen LogP contribution in [0.5, 0.6) is 0 Å². The molecule has 2 aromatic heterocycles. The lowest BCUT2D eigenvalue weighted by Gasteiger charge is -2.24. The molecule has 0 spiro atoms. The number of aryl methyl sites for hydroxylation is 3. The highest BCUT2D eigenvalue weighted by Gasteiger charge is 2.23. The lowest BCUT2D eigenvalue weighted by atomic mass is 10.1. The lowest BCUT2D eigenvalue weighted by molar-refractivity contribution is 0.347. The number of hydrogen-bond acceptors (Lipinski definition) is 4. The zero-order chi connectivity index (χ0) is 14.4. The summed E-state index contributed by atoms with van der Waals surface area (Å²) in [4.78, 5) is 29.5. The Morgan fingerprint density at radius 2 is 1.80 bits per heavy atom. The molecule has 1 N–H and O–H groups in total. The first-order chi connectivity index (χ1) is 9.52. The average Bonchev–Trinajstić information content (AvgIpc) is 2.74. The Labute approximate surface area is 115 Å². The van der Waals surface area contributed by atoms with Crippen LogP contribution in [0.1, 0.15) is 24.7 Å². The van der Waals surface area contributed by atoms with Crippen molar-refractivity contribution < 1.29 is 0 Å². The smallest absolute Gasteiger partial charge is 0.325 e. The summed E-state index contributed by atoms with van der Waals surface area (Å²) in [7, 11) is 3.48. The molecule has 0 saturated carbocycles. The van der Waals surface area contributed by atoms with Crippen LogP contribution in [-0.2, 0) is 14.1 Å². The van der Waals surface area contributed by atoms with Crippen LogP contribution in [0.3, 0.4) is 0 Å². The predicted molar refractivity (Wildman–Crippen MR) is 76.1 cm³/mol. The van der Waals surface area contributed by atoms with E-state index < -0.39 is 0 Å². The zero-order valence-corrected chi connectivity index (χ0v) is 12.0. The molecule has 3 rings (SSSR count). The molecular formula is C13H19N5O2. The summed E-state index contributed by atoms with van der Waals surface area (Å²) < 4.78 is 4.64. The lowest BCUT2D eigenvalue weighted by Crippen LogP contribution is -2.44. The molecule has 108 valence electrons. The largest absolute Gasteiger partial charge is 0.332 e. The Bertz CT molecular complexity index is 777. The third-order valence-electron chi connectivity index (χ3n) is 4.21. The molecule has 0 atom stereocenters. The van der Waals surface area contributed by atoms with E-state index in [0.717, 1.165) is 31.8 Å². The molecule has 3 heterocycles. The van der Waals surface area contributed by atoms with Crippen LogP contribution in [0.4, 0.5) is 0 Å². The van der Waals surface area contributed by atoms with Gasteiger partial charge in [-0.1, -0.05) is 0 Å². The molecule has 0 aliphatic carbocycles. The van der Waals surface area contributed by atoms with Crippen molar-refractivity contribution in [2.45, 2.75) is 25.8 Å². The highest BCUT2D eigenvalue weighted by Crippen LogP contribution is 2.16. The van der Waals surface area contributed by atoms with E-state index in [1.165, 1.54) is 9.13 Å². The minimum Gasteiger partial charge on any atom is -0.325 e. The summed E-state index contributed by atoms with van der Waals surface area (Å²) >= 11 is 0. The number of fused-ring (bicyclic) bond motifs is 1. The van der Waals surface area contributed by atoms with Crippen LogP contribution in [-0.4, -0.2) is 31.8 Å². The van der Waals surface area contributed by atoms with E-state index in [4.69, 9.17) is 0 Å². The summed E-state index contributed by atoms with van der Waals surface area (Å²) in [5, 5.41) is 3.25. The molecular weight excluding hydrogens is 258 g/mol. The Morgan fingerprint density at radius 3 is 2.45 bits per heavy atom. The van der Waals surface area contributed by atoms with Gasteiger partial charge in [0, 0.05) is 20.1 Å². The topological polar surface area (TPSA) is 73.8 Å². The maximum atomic E-state index is 12.7. The Hall–Kier alpha value is -1.89. The van der Waals surface area contributed by atoms with Gasteiger partial charge in [-0.25, -0.2) is 9.78 Å². The van der Waals surface area contributed by atoms with Gasteiger partial charge in [0.25, 0.3) is 5.56 Å². The van der Waals surface area contributed by atoms with Crippen LogP contribution in [0.25, 0.3) is 11.2 Å². The van der Waals surface area contributed by atoms with Gasteiger partial charge in [-0.05, 0) is 32.9 Å².